The maximum Gasteiger partial charge on any atom is 0.251 e. The van der Waals surface area contributed by atoms with Gasteiger partial charge >= 0.3 is 0 Å². The second-order valence-corrected chi connectivity index (χ2v) is 5.81. The number of nitrogens with zero attached hydrogens (tertiary/aromatic N) is 1. The quantitative estimate of drug-likeness (QED) is 0.891. The molecule has 0 unspecified atom stereocenters. The normalized spacial score (nSPS) is 10.3. The third-order valence-electron chi connectivity index (χ3n) is 2.41. The van der Waals surface area contributed by atoms with Gasteiger partial charge in [0, 0.05) is 32.5 Å². The summed E-state index contributed by atoms with van der Waals surface area (Å²) >= 11 is 14.9. The zero-order chi connectivity index (χ0) is 14.7. The number of carbonyl (C=O) groups is 1. The Bertz CT molecular complexity index is 696. The highest BCUT2D eigenvalue weighted by Gasteiger charge is 2.07. The third kappa shape index (κ3) is 4.10. The molecule has 1 aromatic carbocycles. The van der Waals surface area contributed by atoms with Crippen LogP contribution in [-0.2, 0) is 11.3 Å². The Morgan fingerprint density at radius 2 is 1.85 bits per heavy atom. The summed E-state index contributed by atoms with van der Waals surface area (Å²) in [5.74, 6) is -0.344. The van der Waals surface area contributed by atoms with Gasteiger partial charge in [-0.05, 0) is 40.2 Å². The van der Waals surface area contributed by atoms with E-state index in [1.807, 2.05) is 0 Å². The number of anilines is 1. The first kappa shape index (κ1) is 15.1. The second-order valence-electron chi connectivity index (χ2n) is 4.02. The molecule has 0 saturated heterocycles. The Morgan fingerprint density at radius 3 is 2.50 bits per heavy atom. The number of hydrogen-bond donors (Lipinski definition) is 1. The first-order chi connectivity index (χ1) is 9.44. The first-order valence-electron chi connectivity index (χ1n) is 5.56. The summed E-state index contributed by atoms with van der Waals surface area (Å²) in [5.41, 5.74) is 0.225. The van der Waals surface area contributed by atoms with Crippen molar-refractivity contribution >= 4 is 50.7 Å². The lowest BCUT2D eigenvalue weighted by Gasteiger charge is -2.08. The summed E-state index contributed by atoms with van der Waals surface area (Å²) in [6.45, 7) is -0.0948. The number of nitrogens with one attached hydrogen (secondary N) is 1. The molecule has 0 spiro atoms. The molecule has 2 rings (SSSR count). The monoisotopic (exact) mass is 374 g/mol. The van der Waals surface area contributed by atoms with Crippen molar-refractivity contribution in [3.63, 3.8) is 0 Å². The van der Waals surface area contributed by atoms with Crippen LogP contribution in [0, 0.1) is 0 Å². The van der Waals surface area contributed by atoms with E-state index in [9.17, 15) is 9.59 Å². The molecule has 1 heterocycles. The van der Waals surface area contributed by atoms with Crippen LogP contribution in [0.1, 0.15) is 0 Å². The van der Waals surface area contributed by atoms with Crippen LogP contribution in [0.25, 0.3) is 0 Å². The molecule has 1 N–H and O–H groups in total. The fraction of sp³-hybridized carbons (Fsp3) is 0.0769. The average Bonchev–Trinajstić information content (AvgIpc) is 2.32. The van der Waals surface area contributed by atoms with Crippen molar-refractivity contribution in [2.45, 2.75) is 6.54 Å². The van der Waals surface area contributed by atoms with E-state index in [0.29, 0.717) is 15.7 Å². The maximum atomic E-state index is 11.9. The molecular formula is C13H9BrCl2N2O2. The molecule has 20 heavy (non-hydrogen) atoms. The summed E-state index contributed by atoms with van der Waals surface area (Å²) < 4.78 is 2.02. The van der Waals surface area contributed by atoms with Crippen LogP contribution in [0.5, 0.6) is 0 Å². The van der Waals surface area contributed by atoms with Crippen molar-refractivity contribution in [2.24, 2.45) is 0 Å². The summed E-state index contributed by atoms with van der Waals surface area (Å²) in [6.07, 6.45) is 1.55. The van der Waals surface area contributed by atoms with E-state index in [1.54, 1.807) is 30.5 Å². The first-order valence-corrected chi connectivity index (χ1v) is 7.11. The van der Waals surface area contributed by atoms with E-state index in [4.69, 9.17) is 23.2 Å². The van der Waals surface area contributed by atoms with E-state index in [1.165, 1.54) is 10.6 Å². The van der Waals surface area contributed by atoms with Crippen molar-refractivity contribution in [2.75, 3.05) is 5.32 Å². The summed E-state index contributed by atoms with van der Waals surface area (Å²) in [7, 11) is 0. The van der Waals surface area contributed by atoms with Gasteiger partial charge in [0.1, 0.15) is 6.54 Å². The largest absolute Gasteiger partial charge is 0.324 e. The smallest absolute Gasteiger partial charge is 0.251 e. The minimum atomic E-state index is -0.344. The summed E-state index contributed by atoms with van der Waals surface area (Å²) in [4.78, 5) is 23.5. The molecule has 0 radical (unpaired) electrons. The minimum Gasteiger partial charge on any atom is -0.324 e. The van der Waals surface area contributed by atoms with Gasteiger partial charge < -0.3 is 9.88 Å². The molecule has 4 nitrogen and oxygen atoms in total. The Labute approximate surface area is 133 Å². The van der Waals surface area contributed by atoms with Crippen LogP contribution in [0.15, 0.2) is 45.8 Å². The SMILES string of the molecule is O=C(Cn1cc(Br)ccc1=O)Nc1cc(Cl)cc(Cl)c1. The van der Waals surface area contributed by atoms with Crippen molar-refractivity contribution < 1.29 is 4.79 Å². The molecule has 0 aliphatic carbocycles. The molecule has 0 bridgehead atoms. The van der Waals surface area contributed by atoms with E-state index < -0.39 is 0 Å². The van der Waals surface area contributed by atoms with Crippen LogP contribution >= 0.6 is 39.1 Å². The molecular weight excluding hydrogens is 367 g/mol. The predicted octanol–water partition coefficient (Wildman–Crippen LogP) is 3.56. The van der Waals surface area contributed by atoms with E-state index >= 15 is 0 Å². The van der Waals surface area contributed by atoms with Crippen molar-refractivity contribution in [1.29, 1.82) is 0 Å². The Morgan fingerprint density at radius 1 is 1.20 bits per heavy atom. The van der Waals surface area contributed by atoms with Gasteiger partial charge in [-0.2, -0.15) is 0 Å². The Kier molecular flexibility index (Phi) is 4.86. The predicted molar refractivity (Wildman–Crippen MR) is 83.5 cm³/mol. The van der Waals surface area contributed by atoms with Crippen LogP contribution in [0.4, 0.5) is 5.69 Å². The summed E-state index contributed by atoms with van der Waals surface area (Å²) in [6, 6.07) is 7.72. The van der Waals surface area contributed by atoms with Gasteiger partial charge in [-0.3, -0.25) is 9.59 Å². The van der Waals surface area contributed by atoms with Crippen molar-refractivity contribution in [3.8, 4) is 0 Å². The highest BCUT2D eigenvalue weighted by Crippen LogP contribution is 2.22. The number of aromatic nitrogens is 1. The zero-order valence-electron chi connectivity index (χ0n) is 10.1. The number of benzene rings is 1. The highest BCUT2D eigenvalue weighted by atomic mass is 79.9. The van der Waals surface area contributed by atoms with Gasteiger partial charge in [0.25, 0.3) is 5.56 Å². The molecule has 2 aromatic rings. The van der Waals surface area contributed by atoms with Gasteiger partial charge in [0.15, 0.2) is 0 Å². The second kappa shape index (κ2) is 6.43. The Hall–Kier alpha value is -1.30. The molecule has 1 aromatic heterocycles. The van der Waals surface area contributed by atoms with Gasteiger partial charge in [-0.1, -0.05) is 23.2 Å². The van der Waals surface area contributed by atoms with Crippen LogP contribution < -0.4 is 10.9 Å². The maximum absolute atomic E-state index is 11.9. The molecule has 0 atom stereocenters. The average molecular weight is 376 g/mol. The van der Waals surface area contributed by atoms with Crippen LogP contribution in [-0.4, -0.2) is 10.5 Å². The van der Waals surface area contributed by atoms with Crippen LogP contribution in [0.2, 0.25) is 10.0 Å². The standard InChI is InChI=1S/C13H9BrCl2N2O2/c14-8-1-2-13(20)18(6-8)7-12(19)17-11-4-9(15)3-10(16)5-11/h1-6H,7H2,(H,17,19). The number of hydrogen-bond acceptors (Lipinski definition) is 2. The molecule has 1 amide bonds. The molecule has 0 aliphatic rings. The number of carbonyl (C=O) groups excluding carboxylic acids is 1. The van der Waals surface area contributed by atoms with Gasteiger partial charge in [0.05, 0.1) is 0 Å². The van der Waals surface area contributed by atoms with Gasteiger partial charge in [0.2, 0.25) is 5.91 Å². The fourth-order valence-electron chi connectivity index (χ4n) is 1.61. The van der Waals surface area contributed by atoms with Gasteiger partial charge in [-0.15, -0.1) is 0 Å². The number of rotatable bonds is 3. The fourth-order valence-corrected chi connectivity index (χ4v) is 2.51. The topological polar surface area (TPSA) is 51.1 Å². The summed E-state index contributed by atoms with van der Waals surface area (Å²) in [5, 5.41) is 3.48. The third-order valence-corrected chi connectivity index (χ3v) is 3.31. The Balaban J connectivity index is 2.13. The number of pyridine rings is 1. The highest BCUT2D eigenvalue weighted by molar-refractivity contribution is 9.10. The number of halogens is 3. The molecule has 0 aliphatic heterocycles. The van der Waals surface area contributed by atoms with Crippen molar-refractivity contribution in [3.05, 3.63) is 61.4 Å². The lowest BCUT2D eigenvalue weighted by Crippen LogP contribution is -2.26. The van der Waals surface area contributed by atoms with Crippen LogP contribution in [0.3, 0.4) is 0 Å². The molecule has 104 valence electrons. The molecule has 0 saturated carbocycles. The number of amides is 1. The molecule has 7 heteroatoms. The lowest BCUT2D eigenvalue weighted by atomic mass is 10.3. The lowest BCUT2D eigenvalue weighted by molar-refractivity contribution is -0.116. The molecule has 0 fully saturated rings. The van der Waals surface area contributed by atoms with E-state index in [-0.39, 0.29) is 18.0 Å². The van der Waals surface area contributed by atoms with Gasteiger partial charge in [-0.25, -0.2) is 0 Å². The zero-order valence-corrected chi connectivity index (χ0v) is 13.2. The van der Waals surface area contributed by atoms with E-state index in [0.717, 1.165) is 4.47 Å². The minimum absolute atomic E-state index is 0.0948. The van der Waals surface area contributed by atoms with E-state index in [2.05, 4.69) is 21.2 Å². The van der Waals surface area contributed by atoms with Crippen molar-refractivity contribution in [1.82, 2.24) is 4.57 Å².